The molecule has 0 saturated carbocycles. The van der Waals surface area contributed by atoms with Crippen molar-refractivity contribution >= 4 is 33.5 Å². The van der Waals surface area contributed by atoms with Crippen molar-refractivity contribution in [1.82, 2.24) is 9.97 Å². The van der Waals surface area contributed by atoms with E-state index >= 15 is 0 Å². The predicted octanol–water partition coefficient (Wildman–Crippen LogP) is 3.42. The quantitative estimate of drug-likeness (QED) is 0.571. The molecule has 0 aliphatic heterocycles. The molecule has 1 aliphatic rings. The Morgan fingerprint density at radius 1 is 1.21 bits per heavy atom. The smallest absolute Gasteiger partial charge is 0.394 e. The van der Waals surface area contributed by atoms with E-state index in [0.717, 1.165) is 28.8 Å². The summed E-state index contributed by atoms with van der Waals surface area (Å²) in [7, 11) is -4.13. The van der Waals surface area contributed by atoms with Gasteiger partial charge in [-0.15, -0.1) is 0 Å². The van der Waals surface area contributed by atoms with Crippen LogP contribution in [0.2, 0.25) is 5.15 Å². The number of allylic oxidation sites excluding steroid dienone is 3. The van der Waals surface area contributed by atoms with Crippen LogP contribution in [0.25, 0.3) is 11.3 Å². The fourth-order valence-corrected chi connectivity index (χ4v) is 3.86. The summed E-state index contributed by atoms with van der Waals surface area (Å²) in [4.78, 5) is 19.0. The van der Waals surface area contributed by atoms with Gasteiger partial charge in [0.2, 0.25) is 5.95 Å². The maximum atomic E-state index is 12.6. The van der Waals surface area contributed by atoms with Gasteiger partial charge >= 0.3 is 16.0 Å². The maximum Gasteiger partial charge on any atom is 0.394 e. The molecule has 0 saturated heterocycles. The molecule has 28 heavy (non-hydrogen) atoms. The highest BCUT2D eigenvalue weighted by molar-refractivity contribution is 7.96. The first-order chi connectivity index (χ1) is 13.2. The Balaban J connectivity index is 2.00. The molecule has 0 radical (unpaired) electrons. The minimum absolute atomic E-state index is 0.0659. The van der Waals surface area contributed by atoms with Crippen LogP contribution in [0.3, 0.4) is 0 Å². The highest BCUT2D eigenvalue weighted by atomic mass is 35.5. The summed E-state index contributed by atoms with van der Waals surface area (Å²) in [6, 6.07) is 7.28. The Labute approximate surface area is 167 Å². The van der Waals surface area contributed by atoms with Gasteiger partial charge in [-0.3, -0.25) is 0 Å². The standard InChI is InChI=1S/C19H14ClN3O4S/c1-11-5-3-6-12(2)17(11)15-10-16(20)22-19(21-15)23-28(26,27)14-8-4-7-13(9-14)18(24)25/h3,5-10H,1-2H3,(H-,21,22,23,24,25)/p+1. The third-order valence-electron chi connectivity index (χ3n) is 3.98. The number of halogens is 1. The molecule has 0 bridgehead atoms. The highest BCUT2D eigenvalue weighted by Crippen LogP contribution is 2.28. The van der Waals surface area contributed by atoms with Crippen molar-refractivity contribution in [2.24, 2.45) is 0 Å². The number of hydrogen-bond donors (Lipinski definition) is 2. The van der Waals surface area contributed by atoms with E-state index in [2.05, 4.69) is 20.8 Å². The number of aromatic nitrogens is 2. The fourth-order valence-electron chi connectivity index (χ4n) is 2.72. The molecular formula is C19H15ClN3O4S+. The molecule has 3 rings (SSSR count). The summed E-state index contributed by atoms with van der Waals surface area (Å²) in [5.41, 5.74) is 3.00. The Hall–Kier alpha value is -3.06. The minimum atomic E-state index is -4.13. The fraction of sp³-hybridized carbons (Fsp3) is 0.105. The van der Waals surface area contributed by atoms with Crippen molar-refractivity contribution in [2.45, 2.75) is 13.8 Å². The molecule has 9 heteroatoms. The average molecular weight is 417 g/mol. The van der Waals surface area contributed by atoms with E-state index in [1.54, 1.807) is 6.07 Å². The molecule has 0 spiro atoms. The van der Waals surface area contributed by atoms with Crippen LogP contribution >= 0.6 is 11.6 Å². The lowest BCUT2D eigenvalue weighted by molar-refractivity contribution is -0.132. The Kier molecular flexibility index (Phi) is 5.29. The van der Waals surface area contributed by atoms with Gasteiger partial charge in [0.1, 0.15) is 17.3 Å². The first kappa shape index (κ1) is 19.7. The molecule has 0 amide bonds. The van der Waals surface area contributed by atoms with E-state index in [0.29, 0.717) is 5.69 Å². The first-order valence-electron chi connectivity index (χ1n) is 8.06. The van der Waals surface area contributed by atoms with Crippen LogP contribution in [-0.2, 0) is 14.8 Å². The number of benzene rings is 1. The number of sulfonamides is 1. The lowest BCUT2D eigenvalue weighted by atomic mass is 10.00. The Morgan fingerprint density at radius 3 is 2.54 bits per heavy atom. The van der Waals surface area contributed by atoms with E-state index < -0.39 is 16.0 Å². The van der Waals surface area contributed by atoms with Crippen molar-refractivity contribution in [3.05, 3.63) is 75.3 Å². The Morgan fingerprint density at radius 2 is 1.89 bits per heavy atom. The summed E-state index contributed by atoms with van der Waals surface area (Å²) in [5.74, 6) is -1.48. The molecule has 2 N–H and O–H groups in total. The molecule has 1 aromatic heterocycles. The summed E-state index contributed by atoms with van der Waals surface area (Å²) >= 11 is 6.08. The van der Waals surface area contributed by atoms with Crippen LogP contribution in [0.4, 0.5) is 5.95 Å². The van der Waals surface area contributed by atoms with Gasteiger partial charge in [-0.1, -0.05) is 29.8 Å². The zero-order chi connectivity index (χ0) is 20.5. The van der Waals surface area contributed by atoms with Crippen LogP contribution in [-0.4, -0.2) is 29.5 Å². The number of nitrogens with zero attached hydrogens (tertiary/aromatic N) is 2. The number of hydrogen-bond acceptors (Lipinski definition) is 5. The lowest BCUT2D eigenvalue weighted by Crippen LogP contribution is -2.18. The van der Waals surface area contributed by atoms with Crippen LogP contribution in [0.1, 0.15) is 11.1 Å². The van der Waals surface area contributed by atoms with E-state index in [4.69, 9.17) is 16.7 Å². The second kappa shape index (κ2) is 7.52. The number of rotatable bonds is 5. The van der Waals surface area contributed by atoms with Crippen LogP contribution in [0.5, 0.6) is 0 Å². The van der Waals surface area contributed by atoms with Gasteiger partial charge in [-0.2, -0.15) is 8.42 Å². The molecule has 1 aromatic carbocycles. The van der Waals surface area contributed by atoms with Crippen LogP contribution in [0, 0.1) is 19.9 Å². The monoisotopic (exact) mass is 416 g/mol. The van der Waals surface area contributed by atoms with Gasteiger partial charge in [0.25, 0.3) is 0 Å². The third kappa shape index (κ3) is 4.09. The van der Waals surface area contributed by atoms with Crippen molar-refractivity contribution in [2.75, 3.05) is 4.72 Å². The zero-order valence-electron chi connectivity index (χ0n) is 14.9. The second-order valence-electron chi connectivity index (χ2n) is 6.03. The van der Waals surface area contributed by atoms with Gasteiger partial charge < -0.3 is 5.11 Å². The average Bonchev–Trinajstić information content (AvgIpc) is 2.61. The topological polar surface area (TPSA) is 109 Å². The largest absolute Gasteiger partial charge is 0.468 e. The van der Waals surface area contributed by atoms with Gasteiger partial charge in [0, 0.05) is 17.7 Å². The molecule has 0 fully saturated rings. The van der Waals surface area contributed by atoms with Crippen molar-refractivity contribution < 1.29 is 18.3 Å². The molecule has 1 aliphatic carbocycles. The van der Waals surface area contributed by atoms with Crippen molar-refractivity contribution in [3.8, 4) is 11.3 Å². The number of aryl methyl sites for hydroxylation is 2. The number of aliphatic carboxylic acids is 1. The SMILES string of the molecule is Cc1cccc(C)c1-c1cc(Cl)nc(NS(=O)(=O)C2=C[C+]=CC(C(=O)O)=C2)n1. The molecule has 0 atom stereocenters. The maximum absolute atomic E-state index is 12.6. The first-order valence-corrected chi connectivity index (χ1v) is 9.92. The molecular weight excluding hydrogens is 402 g/mol. The summed E-state index contributed by atoms with van der Waals surface area (Å²) in [6.07, 6.45) is 5.86. The van der Waals surface area contributed by atoms with Crippen molar-refractivity contribution in [1.29, 1.82) is 0 Å². The third-order valence-corrected chi connectivity index (χ3v) is 5.48. The number of carbonyl (C=O) groups is 1. The number of carboxylic acid groups (broad SMARTS) is 1. The summed E-state index contributed by atoms with van der Waals surface area (Å²) in [5, 5.41) is 9.10. The molecule has 7 nitrogen and oxygen atoms in total. The summed E-state index contributed by atoms with van der Waals surface area (Å²) in [6.45, 7) is 3.82. The second-order valence-corrected chi connectivity index (χ2v) is 8.10. The molecule has 0 unspecified atom stereocenters. The highest BCUT2D eigenvalue weighted by Gasteiger charge is 2.28. The van der Waals surface area contributed by atoms with Gasteiger partial charge in [0.05, 0.1) is 11.8 Å². The van der Waals surface area contributed by atoms with E-state index in [-0.39, 0.29) is 21.6 Å². The van der Waals surface area contributed by atoms with Crippen LogP contribution in [0.15, 0.2) is 53.0 Å². The van der Waals surface area contributed by atoms with Crippen molar-refractivity contribution in [3.63, 3.8) is 0 Å². The van der Waals surface area contributed by atoms with E-state index in [1.165, 1.54) is 6.08 Å². The molecule has 1 heterocycles. The molecule has 2 aromatic rings. The number of anilines is 1. The lowest BCUT2D eigenvalue weighted by Gasteiger charge is -2.11. The normalized spacial score (nSPS) is 13.4. The zero-order valence-corrected chi connectivity index (χ0v) is 16.5. The van der Waals surface area contributed by atoms with E-state index in [9.17, 15) is 13.2 Å². The van der Waals surface area contributed by atoms with E-state index in [1.807, 2.05) is 32.0 Å². The van der Waals surface area contributed by atoms with Gasteiger partial charge in [-0.05, 0) is 25.0 Å². The Bertz CT molecular complexity index is 1150. The summed E-state index contributed by atoms with van der Waals surface area (Å²) < 4.78 is 27.5. The predicted molar refractivity (Wildman–Crippen MR) is 106 cm³/mol. The van der Waals surface area contributed by atoms with Crippen LogP contribution < -0.4 is 4.72 Å². The minimum Gasteiger partial charge on any atom is -0.468 e. The van der Waals surface area contributed by atoms with Gasteiger partial charge in [0.15, 0.2) is 10.5 Å². The number of carboxylic acids is 1. The van der Waals surface area contributed by atoms with Gasteiger partial charge in [-0.25, -0.2) is 19.5 Å². The molecule has 142 valence electrons. The number of nitrogens with one attached hydrogen (secondary N) is 1.